The van der Waals surface area contributed by atoms with E-state index < -0.39 is 10.0 Å². The lowest BCUT2D eigenvalue weighted by Crippen LogP contribution is -2.23. The van der Waals surface area contributed by atoms with Crippen molar-refractivity contribution >= 4 is 37.9 Å². The Morgan fingerprint density at radius 2 is 1.67 bits per heavy atom. The molecule has 0 radical (unpaired) electrons. The molecule has 0 bridgehead atoms. The molecule has 3 aromatic rings. The van der Waals surface area contributed by atoms with Gasteiger partial charge in [0.15, 0.2) is 5.58 Å². The molecule has 0 aliphatic carbocycles. The molecule has 0 fully saturated rings. The topological polar surface area (TPSA) is 87.9 Å². The van der Waals surface area contributed by atoms with Gasteiger partial charge in [-0.2, -0.15) is 0 Å². The molecule has 3 rings (SSSR count). The highest BCUT2D eigenvalue weighted by Gasteiger charge is 2.24. The zero-order valence-corrected chi connectivity index (χ0v) is 16.5. The molecule has 0 unspecified atom stereocenters. The minimum absolute atomic E-state index is 0.0125. The van der Waals surface area contributed by atoms with Gasteiger partial charge in [-0.1, -0.05) is 0 Å². The van der Waals surface area contributed by atoms with Crippen LogP contribution in [0.25, 0.3) is 21.9 Å². The SMILES string of the molecule is Cc1cc(S(=O)(=O)N(C)C)c2oc3ccc(C(=O)N(C)C)cc3c(=O)c2c1. The molecule has 0 spiro atoms. The molecule has 0 atom stereocenters. The van der Waals surface area contributed by atoms with Crippen molar-refractivity contribution in [3.8, 4) is 0 Å². The number of hydrogen-bond donors (Lipinski definition) is 0. The molecule has 2 aromatic carbocycles. The van der Waals surface area contributed by atoms with Crippen LogP contribution in [0.1, 0.15) is 15.9 Å². The number of sulfonamides is 1. The number of carbonyl (C=O) groups excluding carboxylic acids is 1. The maximum atomic E-state index is 13.0. The molecule has 1 amide bonds. The van der Waals surface area contributed by atoms with Crippen molar-refractivity contribution in [3.05, 3.63) is 51.7 Å². The molecule has 142 valence electrons. The van der Waals surface area contributed by atoms with Gasteiger partial charge in [-0.25, -0.2) is 12.7 Å². The third kappa shape index (κ3) is 3.11. The highest BCUT2D eigenvalue weighted by molar-refractivity contribution is 7.89. The van der Waals surface area contributed by atoms with Crippen molar-refractivity contribution in [1.82, 2.24) is 9.21 Å². The molecule has 1 aromatic heterocycles. The maximum Gasteiger partial charge on any atom is 0.253 e. The monoisotopic (exact) mass is 388 g/mol. The van der Waals surface area contributed by atoms with E-state index in [1.54, 1.807) is 33.2 Å². The van der Waals surface area contributed by atoms with Crippen LogP contribution in [-0.2, 0) is 10.0 Å². The van der Waals surface area contributed by atoms with E-state index in [-0.39, 0.29) is 38.2 Å². The Bertz CT molecular complexity index is 1240. The van der Waals surface area contributed by atoms with Gasteiger partial charge in [0.25, 0.3) is 5.91 Å². The molecule has 8 heteroatoms. The first kappa shape index (κ1) is 19.1. The molecule has 0 saturated heterocycles. The summed E-state index contributed by atoms with van der Waals surface area (Å²) in [6, 6.07) is 7.62. The first-order valence-electron chi connectivity index (χ1n) is 8.19. The van der Waals surface area contributed by atoms with Crippen molar-refractivity contribution < 1.29 is 17.6 Å². The predicted molar refractivity (Wildman–Crippen MR) is 104 cm³/mol. The number of aryl methyl sites for hydroxylation is 1. The fourth-order valence-corrected chi connectivity index (χ4v) is 3.96. The lowest BCUT2D eigenvalue weighted by molar-refractivity contribution is 0.0827. The van der Waals surface area contributed by atoms with Crippen LogP contribution in [0.3, 0.4) is 0 Å². The summed E-state index contributed by atoms with van der Waals surface area (Å²) in [6.45, 7) is 1.71. The highest BCUT2D eigenvalue weighted by atomic mass is 32.2. The van der Waals surface area contributed by atoms with E-state index in [9.17, 15) is 18.0 Å². The minimum Gasteiger partial charge on any atom is -0.454 e. The van der Waals surface area contributed by atoms with Gasteiger partial charge in [0.1, 0.15) is 10.5 Å². The number of benzene rings is 2. The number of hydrogen-bond acceptors (Lipinski definition) is 5. The standard InChI is InChI=1S/C19H20N2O5S/c1-11-8-14-17(22)13-10-12(19(23)20(2)3)6-7-15(13)26-18(14)16(9-11)27(24,25)21(4)5/h6-10H,1-5H3. The highest BCUT2D eigenvalue weighted by Crippen LogP contribution is 2.28. The second-order valence-corrected chi connectivity index (χ2v) is 8.89. The lowest BCUT2D eigenvalue weighted by Gasteiger charge is -2.14. The fraction of sp³-hybridized carbons (Fsp3) is 0.263. The molecular weight excluding hydrogens is 368 g/mol. The molecular formula is C19H20N2O5S. The van der Waals surface area contributed by atoms with Gasteiger partial charge in [0.05, 0.1) is 10.8 Å². The summed E-state index contributed by atoms with van der Waals surface area (Å²) in [5.74, 6) is -0.239. The molecule has 1 heterocycles. The van der Waals surface area contributed by atoms with Crippen LogP contribution in [0, 0.1) is 6.92 Å². The molecule has 0 saturated carbocycles. The van der Waals surface area contributed by atoms with Crippen LogP contribution in [-0.4, -0.2) is 51.7 Å². The zero-order valence-electron chi connectivity index (χ0n) is 15.7. The van der Waals surface area contributed by atoms with E-state index in [1.165, 1.54) is 37.2 Å². The number of amides is 1. The van der Waals surface area contributed by atoms with E-state index in [2.05, 4.69) is 0 Å². The Morgan fingerprint density at radius 3 is 2.26 bits per heavy atom. The van der Waals surface area contributed by atoms with Crippen LogP contribution in [0.15, 0.2) is 44.4 Å². The minimum atomic E-state index is -3.80. The van der Waals surface area contributed by atoms with Crippen LogP contribution in [0.2, 0.25) is 0 Å². The summed E-state index contributed by atoms with van der Waals surface area (Å²) in [4.78, 5) is 26.6. The van der Waals surface area contributed by atoms with E-state index in [0.717, 1.165) is 4.31 Å². The molecule has 0 aliphatic rings. The third-order valence-corrected chi connectivity index (χ3v) is 6.11. The van der Waals surface area contributed by atoms with Crippen molar-refractivity contribution in [2.24, 2.45) is 0 Å². The van der Waals surface area contributed by atoms with Crippen molar-refractivity contribution in [2.45, 2.75) is 11.8 Å². The van der Waals surface area contributed by atoms with Crippen LogP contribution in [0.4, 0.5) is 0 Å². The maximum absolute atomic E-state index is 13.0. The normalized spacial score (nSPS) is 12.1. The van der Waals surface area contributed by atoms with Crippen molar-refractivity contribution in [3.63, 3.8) is 0 Å². The number of nitrogens with zero attached hydrogens (tertiary/aromatic N) is 2. The van der Waals surface area contributed by atoms with Crippen molar-refractivity contribution in [1.29, 1.82) is 0 Å². The number of fused-ring (bicyclic) bond motifs is 2. The van der Waals surface area contributed by atoms with Crippen molar-refractivity contribution in [2.75, 3.05) is 28.2 Å². The van der Waals surface area contributed by atoms with Gasteiger partial charge in [-0.05, 0) is 42.8 Å². The summed E-state index contributed by atoms with van der Waals surface area (Å²) in [6.07, 6.45) is 0. The van der Waals surface area contributed by atoms with E-state index in [4.69, 9.17) is 4.42 Å². The number of carbonyl (C=O) groups is 1. The second-order valence-electron chi connectivity index (χ2n) is 6.77. The van der Waals surface area contributed by atoms with E-state index in [0.29, 0.717) is 11.1 Å². The summed E-state index contributed by atoms with van der Waals surface area (Å²) in [7, 11) is 2.28. The van der Waals surface area contributed by atoms with E-state index >= 15 is 0 Å². The van der Waals surface area contributed by atoms with Gasteiger partial charge in [0, 0.05) is 33.8 Å². The molecule has 0 N–H and O–H groups in total. The van der Waals surface area contributed by atoms with E-state index in [1.807, 2.05) is 0 Å². The Hall–Kier alpha value is -2.71. The Morgan fingerprint density at radius 1 is 1.00 bits per heavy atom. The van der Waals surface area contributed by atoms with Gasteiger partial charge in [-0.3, -0.25) is 9.59 Å². The van der Waals surface area contributed by atoms with Crippen LogP contribution in [0.5, 0.6) is 0 Å². The summed E-state index contributed by atoms with van der Waals surface area (Å²) in [5, 5.41) is 0.395. The summed E-state index contributed by atoms with van der Waals surface area (Å²) in [5.41, 5.74) is 0.835. The Kier molecular flexibility index (Phi) is 4.57. The van der Waals surface area contributed by atoms with Crippen LogP contribution < -0.4 is 5.43 Å². The zero-order chi connectivity index (χ0) is 20.1. The largest absolute Gasteiger partial charge is 0.454 e. The summed E-state index contributed by atoms with van der Waals surface area (Å²) < 4.78 is 32.2. The van der Waals surface area contributed by atoms with Gasteiger partial charge >= 0.3 is 0 Å². The quantitative estimate of drug-likeness (QED) is 0.642. The average molecular weight is 388 g/mol. The summed E-state index contributed by atoms with van der Waals surface area (Å²) >= 11 is 0. The van der Waals surface area contributed by atoms with Gasteiger partial charge in [-0.15, -0.1) is 0 Å². The first-order valence-corrected chi connectivity index (χ1v) is 9.63. The van der Waals surface area contributed by atoms with Gasteiger partial charge in [0.2, 0.25) is 15.5 Å². The Balaban J connectivity index is 2.43. The third-order valence-electron chi connectivity index (χ3n) is 4.29. The smallest absolute Gasteiger partial charge is 0.253 e. The number of rotatable bonds is 3. The molecule has 7 nitrogen and oxygen atoms in total. The average Bonchev–Trinajstić information content (AvgIpc) is 2.60. The molecule has 0 aliphatic heterocycles. The lowest BCUT2D eigenvalue weighted by atomic mass is 10.1. The second kappa shape index (κ2) is 6.47. The Labute approximate surface area is 156 Å². The first-order chi connectivity index (χ1) is 12.5. The van der Waals surface area contributed by atoms with Crippen LogP contribution >= 0.6 is 0 Å². The molecule has 27 heavy (non-hydrogen) atoms. The predicted octanol–water partition coefficient (Wildman–Crippen LogP) is 2.21. The fourth-order valence-electron chi connectivity index (χ4n) is 2.84. The van der Waals surface area contributed by atoms with Gasteiger partial charge < -0.3 is 9.32 Å².